The zero-order chi connectivity index (χ0) is 16.7. The molecule has 4 rings (SSSR count). The molecule has 1 saturated heterocycles. The summed E-state index contributed by atoms with van der Waals surface area (Å²) < 4.78 is 11.5. The first kappa shape index (κ1) is 15.1. The molecule has 0 saturated carbocycles. The minimum Gasteiger partial charge on any atom is -0.484 e. The number of rotatable bonds is 3. The summed E-state index contributed by atoms with van der Waals surface area (Å²) in [5.74, 6) is 1.42. The number of fused-ring (bicyclic) bond motifs is 2. The van der Waals surface area contributed by atoms with Gasteiger partial charge in [0.25, 0.3) is 5.91 Å². The summed E-state index contributed by atoms with van der Waals surface area (Å²) in [7, 11) is 0. The van der Waals surface area contributed by atoms with E-state index >= 15 is 0 Å². The molecular weight excluding hydrogens is 306 g/mol. The highest BCUT2D eigenvalue weighted by Crippen LogP contribution is 2.42. The highest BCUT2D eigenvalue weighted by atomic mass is 16.5. The van der Waals surface area contributed by atoms with E-state index in [1.807, 2.05) is 44.3 Å². The summed E-state index contributed by atoms with van der Waals surface area (Å²) in [5.41, 5.74) is 2.62. The molecular formula is C18H19N3O3. The van der Waals surface area contributed by atoms with Gasteiger partial charge in [-0.15, -0.1) is 0 Å². The first-order chi connectivity index (χ1) is 11.6. The van der Waals surface area contributed by atoms with Crippen LogP contribution in [0.25, 0.3) is 0 Å². The fourth-order valence-corrected chi connectivity index (χ4v) is 3.24. The lowest BCUT2D eigenvalue weighted by Crippen LogP contribution is -2.62. The molecule has 1 amide bonds. The third kappa shape index (κ3) is 2.53. The zero-order valence-electron chi connectivity index (χ0n) is 13.8. The Hall–Kier alpha value is -2.47. The second kappa shape index (κ2) is 5.56. The molecule has 0 radical (unpaired) electrons. The molecule has 3 heterocycles. The minimum atomic E-state index is -0.429. The molecule has 6 heteroatoms. The van der Waals surface area contributed by atoms with Gasteiger partial charge in [0.1, 0.15) is 17.2 Å². The zero-order valence-corrected chi connectivity index (χ0v) is 13.8. The summed E-state index contributed by atoms with van der Waals surface area (Å²) >= 11 is 0. The van der Waals surface area contributed by atoms with E-state index in [0.717, 1.165) is 22.6 Å². The van der Waals surface area contributed by atoms with Crippen molar-refractivity contribution in [3.05, 3.63) is 53.1 Å². The molecule has 6 nitrogen and oxygen atoms in total. The molecule has 2 aliphatic heterocycles. The molecule has 1 spiro atoms. The summed E-state index contributed by atoms with van der Waals surface area (Å²) in [6, 6.07) is 7.68. The van der Waals surface area contributed by atoms with E-state index in [-0.39, 0.29) is 12.5 Å². The maximum Gasteiger partial charge on any atom is 0.260 e. The number of benzene rings is 1. The van der Waals surface area contributed by atoms with Crippen LogP contribution in [0.3, 0.4) is 0 Å². The number of hydrogen-bond donors (Lipinski definition) is 0. The quantitative estimate of drug-likeness (QED) is 0.860. The standard InChI is InChI=1S/C18H19N3O3/c1-12-4-3-5-14(6-12)23-9-17(22)21-10-18(11-21)15-7-19-13(2)20-16(15)8-24-18/h3-7H,8-11H2,1-2H3. The number of nitrogens with zero attached hydrogens (tertiary/aromatic N) is 3. The van der Waals surface area contributed by atoms with E-state index in [4.69, 9.17) is 9.47 Å². The molecule has 0 atom stereocenters. The van der Waals surface area contributed by atoms with Crippen LogP contribution in [0.5, 0.6) is 5.75 Å². The van der Waals surface area contributed by atoms with Crippen molar-refractivity contribution in [3.63, 3.8) is 0 Å². The Balaban J connectivity index is 1.37. The fraction of sp³-hybridized carbons (Fsp3) is 0.389. The van der Waals surface area contributed by atoms with Crippen molar-refractivity contribution in [2.45, 2.75) is 26.1 Å². The molecule has 0 bridgehead atoms. The molecule has 0 unspecified atom stereocenters. The number of amides is 1. The molecule has 2 aromatic rings. The Kier molecular flexibility index (Phi) is 3.49. The molecule has 124 valence electrons. The average Bonchev–Trinajstić information content (AvgIpc) is 2.90. The molecule has 1 fully saturated rings. The van der Waals surface area contributed by atoms with Gasteiger partial charge in [-0.1, -0.05) is 12.1 Å². The van der Waals surface area contributed by atoms with Crippen LogP contribution < -0.4 is 4.74 Å². The normalized spacial score (nSPS) is 17.5. The van der Waals surface area contributed by atoms with Crippen LogP contribution in [0, 0.1) is 13.8 Å². The van der Waals surface area contributed by atoms with E-state index in [1.54, 1.807) is 4.90 Å². The molecule has 1 aromatic carbocycles. The number of hydrogen-bond acceptors (Lipinski definition) is 5. The van der Waals surface area contributed by atoms with E-state index in [9.17, 15) is 4.79 Å². The largest absolute Gasteiger partial charge is 0.484 e. The van der Waals surface area contributed by atoms with Crippen LogP contribution in [0.2, 0.25) is 0 Å². The van der Waals surface area contributed by atoms with Gasteiger partial charge in [0, 0.05) is 11.8 Å². The topological polar surface area (TPSA) is 64.5 Å². The Morgan fingerprint density at radius 2 is 2.21 bits per heavy atom. The number of carbonyl (C=O) groups excluding carboxylic acids is 1. The monoisotopic (exact) mass is 325 g/mol. The van der Waals surface area contributed by atoms with Crippen LogP contribution in [-0.2, 0) is 21.7 Å². The predicted molar refractivity (Wildman–Crippen MR) is 86.5 cm³/mol. The Labute approximate surface area is 140 Å². The van der Waals surface area contributed by atoms with Gasteiger partial charge in [-0.3, -0.25) is 4.79 Å². The predicted octanol–water partition coefficient (Wildman–Crippen LogP) is 1.74. The molecule has 2 aliphatic rings. The SMILES string of the molecule is Cc1cccc(OCC(=O)N2CC3(C2)OCc2nc(C)ncc23)c1. The van der Waals surface area contributed by atoms with E-state index < -0.39 is 5.60 Å². The van der Waals surface area contributed by atoms with Crippen LogP contribution in [-0.4, -0.2) is 40.5 Å². The van der Waals surface area contributed by atoms with Crippen LogP contribution in [0.15, 0.2) is 30.5 Å². The number of aryl methyl sites for hydroxylation is 2. The molecule has 1 aromatic heterocycles. The van der Waals surface area contributed by atoms with E-state index in [2.05, 4.69) is 9.97 Å². The molecule has 0 N–H and O–H groups in total. The van der Waals surface area contributed by atoms with Gasteiger partial charge in [0.15, 0.2) is 6.61 Å². The maximum atomic E-state index is 12.3. The van der Waals surface area contributed by atoms with Crippen molar-refractivity contribution in [2.24, 2.45) is 0 Å². The smallest absolute Gasteiger partial charge is 0.260 e. The van der Waals surface area contributed by atoms with Crippen molar-refractivity contribution >= 4 is 5.91 Å². The van der Waals surface area contributed by atoms with Crippen molar-refractivity contribution in [1.82, 2.24) is 14.9 Å². The van der Waals surface area contributed by atoms with Gasteiger partial charge < -0.3 is 14.4 Å². The Morgan fingerprint density at radius 3 is 3.00 bits per heavy atom. The second-order valence-electron chi connectivity index (χ2n) is 6.42. The van der Waals surface area contributed by atoms with Gasteiger partial charge in [0.2, 0.25) is 0 Å². The number of ether oxygens (including phenoxy) is 2. The van der Waals surface area contributed by atoms with Crippen molar-refractivity contribution in [2.75, 3.05) is 19.7 Å². The Bertz CT molecular complexity index is 800. The maximum absolute atomic E-state index is 12.3. The van der Waals surface area contributed by atoms with Gasteiger partial charge in [-0.05, 0) is 31.5 Å². The molecule has 0 aliphatic carbocycles. The summed E-state index contributed by atoms with van der Waals surface area (Å²) in [6.07, 6.45) is 1.83. The lowest BCUT2D eigenvalue weighted by Gasteiger charge is -2.47. The van der Waals surface area contributed by atoms with E-state index in [0.29, 0.717) is 25.4 Å². The lowest BCUT2D eigenvalue weighted by molar-refractivity contribution is -0.170. The third-order valence-corrected chi connectivity index (χ3v) is 4.56. The van der Waals surface area contributed by atoms with Gasteiger partial charge in [-0.25, -0.2) is 9.97 Å². The summed E-state index contributed by atoms with van der Waals surface area (Å²) in [5, 5.41) is 0. The van der Waals surface area contributed by atoms with Gasteiger partial charge in [-0.2, -0.15) is 0 Å². The van der Waals surface area contributed by atoms with Crippen molar-refractivity contribution in [3.8, 4) is 5.75 Å². The molecule has 24 heavy (non-hydrogen) atoms. The fourth-order valence-electron chi connectivity index (χ4n) is 3.24. The van der Waals surface area contributed by atoms with Crippen LogP contribution in [0.1, 0.15) is 22.6 Å². The Morgan fingerprint density at radius 1 is 1.38 bits per heavy atom. The third-order valence-electron chi connectivity index (χ3n) is 4.56. The van der Waals surface area contributed by atoms with Crippen molar-refractivity contribution < 1.29 is 14.3 Å². The first-order valence-electron chi connectivity index (χ1n) is 8.00. The number of carbonyl (C=O) groups is 1. The van der Waals surface area contributed by atoms with E-state index in [1.165, 1.54) is 0 Å². The number of likely N-dealkylation sites (tertiary alicyclic amines) is 1. The minimum absolute atomic E-state index is 0.0350. The highest BCUT2D eigenvalue weighted by molar-refractivity contribution is 5.79. The lowest BCUT2D eigenvalue weighted by atomic mass is 9.87. The van der Waals surface area contributed by atoms with Crippen LogP contribution in [0.4, 0.5) is 0 Å². The summed E-state index contributed by atoms with van der Waals surface area (Å²) in [4.78, 5) is 22.7. The highest BCUT2D eigenvalue weighted by Gasteiger charge is 2.52. The first-order valence-corrected chi connectivity index (χ1v) is 8.00. The summed E-state index contributed by atoms with van der Waals surface area (Å²) in [6.45, 7) is 5.44. The van der Waals surface area contributed by atoms with Crippen molar-refractivity contribution in [1.29, 1.82) is 0 Å². The van der Waals surface area contributed by atoms with Gasteiger partial charge in [0.05, 0.1) is 25.4 Å². The van der Waals surface area contributed by atoms with Gasteiger partial charge >= 0.3 is 0 Å². The average molecular weight is 325 g/mol. The number of aromatic nitrogens is 2. The van der Waals surface area contributed by atoms with Crippen LogP contribution >= 0.6 is 0 Å². The second-order valence-corrected chi connectivity index (χ2v) is 6.42.